The number of hydrogen-bond acceptors (Lipinski definition) is 3. The van der Waals surface area contributed by atoms with E-state index in [2.05, 4.69) is 21.2 Å². The third-order valence-corrected chi connectivity index (χ3v) is 3.52. The number of rotatable bonds is 5. The van der Waals surface area contributed by atoms with E-state index in [0.717, 1.165) is 11.3 Å². The number of anilines is 1. The molecule has 5 heteroatoms. The van der Waals surface area contributed by atoms with Gasteiger partial charge in [-0.3, -0.25) is 9.59 Å². The summed E-state index contributed by atoms with van der Waals surface area (Å²) in [5, 5.41) is 2.77. The molecule has 0 heterocycles. The zero-order chi connectivity index (χ0) is 15.2. The number of carbonyl (C=O) groups excluding carboxylic acids is 2. The fourth-order valence-electron chi connectivity index (χ4n) is 1.81. The maximum atomic E-state index is 11.9. The second-order valence-electron chi connectivity index (χ2n) is 4.43. The molecule has 108 valence electrons. The summed E-state index contributed by atoms with van der Waals surface area (Å²) in [6, 6.07) is 12.6. The first kappa shape index (κ1) is 15.3. The topological polar surface area (TPSA) is 55.4 Å². The molecule has 2 rings (SSSR count). The van der Waals surface area contributed by atoms with E-state index >= 15 is 0 Å². The summed E-state index contributed by atoms with van der Waals surface area (Å²) in [4.78, 5) is 22.9. The first-order chi connectivity index (χ1) is 10.1. The summed E-state index contributed by atoms with van der Waals surface area (Å²) in [6.07, 6.45) is 0.694. The van der Waals surface area contributed by atoms with Crippen molar-refractivity contribution in [3.05, 3.63) is 58.1 Å². The van der Waals surface area contributed by atoms with Crippen LogP contribution in [0.1, 0.15) is 15.9 Å². The second-order valence-corrected chi connectivity index (χ2v) is 5.28. The van der Waals surface area contributed by atoms with Gasteiger partial charge in [0, 0.05) is 5.69 Å². The van der Waals surface area contributed by atoms with Gasteiger partial charge in [-0.1, -0.05) is 24.3 Å². The van der Waals surface area contributed by atoms with Gasteiger partial charge in [-0.2, -0.15) is 0 Å². The lowest BCUT2D eigenvalue weighted by molar-refractivity contribution is -0.118. The second kappa shape index (κ2) is 7.04. The van der Waals surface area contributed by atoms with E-state index in [0.29, 0.717) is 22.1 Å². The largest absolute Gasteiger partial charge is 0.482 e. The van der Waals surface area contributed by atoms with Crippen LogP contribution in [-0.4, -0.2) is 18.8 Å². The van der Waals surface area contributed by atoms with Gasteiger partial charge in [0.15, 0.2) is 12.9 Å². The summed E-state index contributed by atoms with van der Waals surface area (Å²) in [5.41, 5.74) is 2.11. The van der Waals surface area contributed by atoms with Crippen molar-refractivity contribution in [1.82, 2.24) is 0 Å². The van der Waals surface area contributed by atoms with Gasteiger partial charge in [-0.05, 0) is 46.6 Å². The minimum atomic E-state index is -0.281. The molecule has 0 fully saturated rings. The molecule has 2 aromatic rings. The van der Waals surface area contributed by atoms with Crippen molar-refractivity contribution in [3.63, 3.8) is 0 Å². The minimum absolute atomic E-state index is 0.169. The average molecular weight is 348 g/mol. The molecule has 0 spiro atoms. The Hall–Kier alpha value is -2.14. The SMILES string of the molecule is Cc1ccccc1NC(=O)COc1c(Br)cccc1C=O. The monoisotopic (exact) mass is 347 g/mol. The van der Waals surface area contributed by atoms with Crippen LogP contribution in [0, 0.1) is 6.92 Å². The summed E-state index contributed by atoms with van der Waals surface area (Å²) in [7, 11) is 0. The van der Waals surface area contributed by atoms with E-state index in [-0.39, 0.29) is 12.5 Å². The quantitative estimate of drug-likeness (QED) is 0.841. The first-order valence-electron chi connectivity index (χ1n) is 6.34. The van der Waals surface area contributed by atoms with Crippen molar-refractivity contribution in [3.8, 4) is 5.75 Å². The highest BCUT2D eigenvalue weighted by Crippen LogP contribution is 2.27. The molecule has 0 saturated carbocycles. The lowest BCUT2D eigenvalue weighted by Gasteiger charge is -2.11. The van der Waals surface area contributed by atoms with E-state index in [1.807, 2.05) is 31.2 Å². The predicted octanol–water partition coefficient (Wildman–Crippen LogP) is 3.59. The normalized spacial score (nSPS) is 10.0. The highest BCUT2D eigenvalue weighted by Gasteiger charge is 2.10. The molecule has 0 radical (unpaired) electrons. The number of amides is 1. The molecule has 0 aliphatic carbocycles. The predicted molar refractivity (Wildman–Crippen MR) is 84.8 cm³/mol. The Morgan fingerprint density at radius 2 is 2.00 bits per heavy atom. The molecule has 1 N–H and O–H groups in total. The first-order valence-corrected chi connectivity index (χ1v) is 7.13. The third kappa shape index (κ3) is 3.92. The van der Waals surface area contributed by atoms with Crippen LogP contribution in [0.4, 0.5) is 5.69 Å². The molecule has 4 nitrogen and oxygen atoms in total. The van der Waals surface area contributed by atoms with Crippen LogP contribution >= 0.6 is 15.9 Å². The number of para-hydroxylation sites is 2. The smallest absolute Gasteiger partial charge is 0.262 e. The number of carbonyl (C=O) groups is 2. The average Bonchev–Trinajstić information content (AvgIpc) is 2.48. The van der Waals surface area contributed by atoms with Gasteiger partial charge in [0.05, 0.1) is 10.0 Å². The number of benzene rings is 2. The van der Waals surface area contributed by atoms with Gasteiger partial charge < -0.3 is 10.1 Å². The minimum Gasteiger partial charge on any atom is -0.482 e. The van der Waals surface area contributed by atoms with E-state index in [1.165, 1.54) is 0 Å². The highest BCUT2D eigenvalue weighted by atomic mass is 79.9. The van der Waals surface area contributed by atoms with Crippen LogP contribution in [-0.2, 0) is 4.79 Å². The van der Waals surface area contributed by atoms with Crippen LogP contribution < -0.4 is 10.1 Å². The molecule has 1 amide bonds. The molecule has 0 atom stereocenters. The number of aldehydes is 1. The third-order valence-electron chi connectivity index (χ3n) is 2.89. The molecule has 0 bridgehead atoms. The van der Waals surface area contributed by atoms with E-state index in [4.69, 9.17) is 4.74 Å². The van der Waals surface area contributed by atoms with Gasteiger partial charge in [-0.25, -0.2) is 0 Å². The van der Waals surface area contributed by atoms with Crippen LogP contribution in [0.3, 0.4) is 0 Å². The number of aryl methyl sites for hydroxylation is 1. The van der Waals surface area contributed by atoms with Crippen molar-refractivity contribution in [2.45, 2.75) is 6.92 Å². The molecule has 0 aliphatic heterocycles. The molecule has 0 unspecified atom stereocenters. The molecular weight excluding hydrogens is 334 g/mol. The fourth-order valence-corrected chi connectivity index (χ4v) is 2.30. The van der Waals surface area contributed by atoms with Crippen molar-refractivity contribution in [1.29, 1.82) is 0 Å². The Morgan fingerprint density at radius 1 is 1.24 bits per heavy atom. The summed E-state index contributed by atoms with van der Waals surface area (Å²) in [6.45, 7) is 1.74. The lowest BCUT2D eigenvalue weighted by atomic mass is 10.2. The molecule has 0 aliphatic rings. The maximum Gasteiger partial charge on any atom is 0.262 e. The summed E-state index contributed by atoms with van der Waals surface area (Å²) < 4.78 is 6.08. The van der Waals surface area contributed by atoms with Gasteiger partial charge >= 0.3 is 0 Å². The number of halogens is 1. The highest BCUT2D eigenvalue weighted by molar-refractivity contribution is 9.10. The standard InChI is InChI=1S/C16H14BrNO3/c1-11-5-2-3-8-14(11)18-15(20)10-21-16-12(9-19)6-4-7-13(16)17/h2-9H,10H2,1H3,(H,18,20). The summed E-state index contributed by atoms with van der Waals surface area (Å²) >= 11 is 3.30. The Morgan fingerprint density at radius 3 is 2.71 bits per heavy atom. The van der Waals surface area contributed by atoms with Crippen LogP contribution in [0.15, 0.2) is 46.9 Å². The molecule has 21 heavy (non-hydrogen) atoms. The molecular formula is C16H14BrNO3. The Balaban J connectivity index is 2.02. The zero-order valence-corrected chi connectivity index (χ0v) is 13.0. The number of hydrogen-bond donors (Lipinski definition) is 1. The summed E-state index contributed by atoms with van der Waals surface area (Å²) in [5.74, 6) is 0.0873. The van der Waals surface area contributed by atoms with Crippen LogP contribution in [0.25, 0.3) is 0 Å². The van der Waals surface area contributed by atoms with Gasteiger partial charge in [0.1, 0.15) is 5.75 Å². The molecule has 0 aromatic heterocycles. The number of nitrogens with one attached hydrogen (secondary N) is 1. The molecule has 2 aromatic carbocycles. The van der Waals surface area contributed by atoms with E-state index in [9.17, 15) is 9.59 Å². The van der Waals surface area contributed by atoms with Gasteiger partial charge in [-0.15, -0.1) is 0 Å². The van der Waals surface area contributed by atoms with Crippen molar-refractivity contribution in [2.24, 2.45) is 0 Å². The van der Waals surface area contributed by atoms with Gasteiger partial charge in [0.25, 0.3) is 5.91 Å². The maximum absolute atomic E-state index is 11.9. The lowest BCUT2D eigenvalue weighted by Crippen LogP contribution is -2.21. The van der Waals surface area contributed by atoms with Crippen molar-refractivity contribution >= 4 is 33.8 Å². The number of ether oxygens (including phenoxy) is 1. The van der Waals surface area contributed by atoms with Crippen molar-refractivity contribution < 1.29 is 14.3 Å². The Kier molecular flexibility index (Phi) is 5.11. The van der Waals surface area contributed by atoms with E-state index < -0.39 is 0 Å². The van der Waals surface area contributed by atoms with Crippen molar-refractivity contribution in [2.75, 3.05) is 11.9 Å². The van der Waals surface area contributed by atoms with E-state index in [1.54, 1.807) is 18.2 Å². The Labute approximate surface area is 131 Å². The van der Waals surface area contributed by atoms with Gasteiger partial charge in [0.2, 0.25) is 0 Å². The molecule has 0 saturated heterocycles. The fraction of sp³-hybridized carbons (Fsp3) is 0.125. The Bertz CT molecular complexity index is 670. The van der Waals surface area contributed by atoms with Crippen LogP contribution in [0.5, 0.6) is 5.75 Å². The zero-order valence-electron chi connectivity index (χ0n) is 11.4. The van der Waals surface area contributed by atoms with Crippen LogP contribution in [0.2, 0.25) is 0 Å².